The molecule has 0 saturated heterocycles. The first kappa shape index (κ1) is 19.5. The number of hydrogen-bond acceptors (Lipinski definition) is 2. The van der Waals surface area contributed by atoms with Crippen LogP contribution in [0.1, 0.15) is 82.8 Å². The Bertz CT molecular complexity index is 592. The Morgan fingerprint density at radius 2 is 1.88 bits per heavy atom. The highest BCUT2D eigenvalue weighted by Gasteiger charge is 2.39. The summed E-state index contributed by atoms with van der Waals surface area (Å²) in [5.74, 6) is 3.68. The molecule has 2 nitrogen and oxygen atoms in total. The molecule has 2 heteroatoms. The predicted molar refractivity (Wildman–Crippen MR) is 108 cm³/mol. The molecule has 0 spiro atoms. The van der Waals surface area contributed by atoms with Crippen LogP contribution in [0, 0.1) is 17.8 Å². The molecule has 1 fully saturated rings. The van der Waals surface area contributed by atoms with Crippen molar-refractivity contribution in [1.82, 2.24) is 0 Å². The van der Waals surface area contributed by atoms with Crippen molar-refractivity contribution < 1.29 is 9.53 Å². The van der Waals surface area contributed by atoms with E-state index in [0.717, 1.165) is 29.9 Å². The standard InChI is InChI=1S/C24H36O2/c1-3-4-5-6-7-8-10-19-13-14-21-16-23-20(15-22(19)21)11-9-12-24(23)26-17-18(2)25/h9,11-12,19,21-22H,3-8,10,13-17H2,1-2H3. The van der Waals surface area contributed by atoms with Crippen molar-refractivity contribution in [2.75, 3.05) is 6.61 Å². The highest BCUT2D eigenvalue weighted by Crippen LogP contribution is 2.48. The molecule has 0 heterocycles. The Kier molecular flexibility index (Phi) is 7.16. The number of Topliss-reactive ketones (excluding diaryl/α,β-unsaturated/α-hetero) is 1. The van der Waals surface area contributed by atoms with Crippen LogP contribution in [-0.4, -0.2) is 12.4 Å². The van der Waals surface area contributed by atoms with Crippen LogP contribution in [0.25, 0.3) is 0 Å². The molecule has 1 saturated carbocycles. The second-order valence-electron chi connectivity index (χ2n) is 8.61. The molecule has 1 aromatic carbocycles. The van der Waals surface area contributed by atoms with E-state index in [1.807, 2.05) is 6.07 Å². The van der Waals surface area contributed by atoms with Crippen LogP contribution < -0.4 is 4.74 Å². The number of hydrogen-bond donors (Lipinski definition) is 0. The second kappa shape index (κ2) is 9.58. The lowest BCUT2D eigenvalue weighted by molar-refractivity contribution is -0.118. The first-order valence-corrected chi connectivity index (χ1v) is 10.9. The Labute approximate surface area is 159 Å². The topological polar surface area (TPSA) is 26.3 Å². The maximum atomic E-state index is 11.3. The van der Waals surface area contributed by atoms with Crippen LogP contribution in [0.4, 0.5) is 0 Å². The van der Waals surface area contributed by atoms with Crippen molar-refractivity contribution in [3.63, 3.8) is 0 Å². The quantitative estimate of drug-likeness (QED) is 0.470. The number of ketones is 1. The normalized spacial score (nSPS) is 24.2. The summed E-state index contributed by atoms with van der Waals surface area (Å²) in [6, 6.07) is 6.43. The van der Waals surface area contributed by atoms with Gasteiger partial charge in [0.15, 0.2) is 5.78 Å². The smallest absolute Gasteiger partial charge is 0.167 e. The molecule has 3 unspecified atom stereocenters. The molecule has 0 radical (unpaired) electrons. The summed E-state index contributed by atoms with van der Waals surface area (Å²) in [5.41, 5.74) is 2.86. The van der Waals surface area contributed by atoms with E-state index in [0.29, 0.717) is 0 Å². The molecule has 0 aliphatic heterocycles. The minimum atomic E-state index is 0.0937. The van der Waals surface area contributed by atoms with Crippen molar-refractivity contribution in [3.8, 4) is 5.75 Å². The fraction of sp³-hybridized carbons (Fsp3) is 0.708. The fourth-order valence-corrected chi connectivity index (χ4v) is 5.24. The molecular formula is C24H36O2. The molecule has 0 aromatic heterocycles. The van der Waals surface area contributed by atoms with Crippen LogP contribution in [-0.2, 0) is 17.6 Å². The van der Waals surface area contributed by atoms with Crippen molar-refractivity contribution in [2.45, 2.75) is 84.5 Å². The van der Waals surface area contributed by atoms with Crippen LogP contribution in [0.15, 0.2) is 18.2 Å². The number of ether oxygens (including phenoxy) is 1. The van der Waals surface area contributed by atoms with E-state index >= 15 is 0 Å². The SMILES string of the molecule is CCCCCCCCC1CCC2Cc3c(cccc3OCC(C)=O)CC12. The highest BCUT2D eigenvalue weighted by atomic mass is 16.5. The summed E-state index contributed by atoms with van der Waals surface area (Å²) in [6.07, 6.45) is 15.0. The summed E-state index contributed by atoms with van der Waals surface area (Å²) in [6.45, 7) is 4.08. The monoisotopic (exact) mass is 356 g/mol. The number of unbranched alkanes of at least 4 members (excludes halogenated alkanes) is 5. The molecule has 3 rings (SSSR count). The molecule has 2 aliphatic carbocycles. The Morgan fingerprint density at radius 1 is 1.08 bits per heavy atom. The third kappa shape index (κ3) is 4.90. The van der Waals surface area contributed by atoms with Gasteiger partial charge >= 0.3 is 0 Å². The Morgan fingerprint density at radius 3 is 2.69 bits per heavy atom. The minimum absolute atomic E-state index is 0.0937. The third-order valence-electron chi connectivity index (χ3n) is 6.63. The van der Waals surface area contributed by atoms with Gasteiger partial charge in [0, 0.05) is 0 Å². The Hall–Kier alpha value is -1.31. The summed E-state index contributed by atoms with van der Waals surface area (Å²) in [7, 11) is 0. The molecule has 0 N–H and O–H groups in total. The van der Waals surface area contributed by atoms with Crippen LogP contribution in [0.3, 0.4) is 0 Å². The molecule has 3 atom stereocenters. The zero-order valence-electron chi connectivity index (χ0n) is 16.8. The molecule has 0 bridgehead atoms. The van der Waals surface area contributed by atoms with Gasteiger partial charge in [-0.3, -0.25) is 4.79 Å². The molecule has 1 aromatic rings. The maximum absolute atomic E-state index is 11.3. The van der Waals surface area contributed by atoms with Crippen molar-refractivity contribution in [3.05, 3.63) is 29.3 Å². The zero-order chi connectivity index (χ0) is 18.4. The predicted octanol–water partition coefficient (Wildman–Crippen LogP) is 6.15. The lowest BCUT2D eigenvalue weighted by atomic mass is 9.73. The van der Waals surface area contributed by atoms with Gasteiger partial charge in [0.25, 0.3) is 0 Å². The van der Waals surface area contributed by atoms with Gasteiger partial charge in [-0.25, -0.2) is 0 Å². The largest absolute Gasteiger partial charge is 0.486 e. The van der Waals surface area contributed by atoms with E-state index in [1.54, 1.807) is 6.92 Å². The molecule has 26 heavy (non-hydrogen) atoms. The number of carbonyl (C=O) groups excluding carboxylic acids is 1. The van der Waals surface area contributed by atoms with Gasteiger partial charge in [-0.05, 0) is 67.6 Å². The van der Waals surface area contributed by atoms with Crippen molar-refractivity contribution in [1.29, 1.82) is 0 Å². The van der Waals surface area contributed by atoms with E-state index in [2.05, 4.69) is 19.1 Å². The highest BCUT2D eigenvalue weighted by molar-refractivity contribution is 5.77. The third-order valence-corrected chi connectivity index (χ3v) is 6.63. The summed E-state index contributed by atoms with van der Waals surface area (Å²) < 4.78 is 5.80. The van der Waals surface area contributed by atoms with E-state index in [9.17, 15) is 4.79 Å². The fourth-order valence-electron chi connectivity index (χ4n) is 5.24. The maximum Gasteiger partial charge on any atom is 0.167 e. The van der Waals surface area contributed by atoms with Gasteiger partial charge in [0.05, 0.1) is 0 Å². The van der Waals surface area contributed by atoms with E-state index < -0.39 is 0 Å². The van der Waals surface area contributed by atoms with Gasteiger partial charge in [-0.15, -0.1) is 0 Å². The average Bonchev–Trinajstić information content (AvgIpc) is 3.03. The van der Waals surface area contributed by atoms with E-state index in [4.69, 9.17) is 4.74 Å². The second-order valence-corrected chi connectivity index (χ2v) is 8.61. The first-order valence-electron chi connectivity index (χ1n) is 10.9. The van der Waals surface area contributed by atoms with Gasteiger partial charge in [-0.1, -0.05) is 64.0 Å². The van der Waals surface area contributed by atoms with Crippen LogP contribution in [0.2, 0.25) is 0 Å². The van der Waals surface area contributed by atoms with E-state index in [1.165, 1.54) is 75.3 Å². The summed E-state index contributed by atoms with van der Waals surface area (Å²) in [5, 5.41) is 0. The average molecular weight is 357 g/mol. The summed E-state index contributed by atoms with van der Waals surface area (Å²) in [4.78, 5) is 11.3. The van der Waals surface area contributed by atoms with Gasteiger partial charge in [0.1, 0.15) is 12.4 Å². The number of fused-ring (bicyclic) bond motifs is 2. The molecule has 2 aliphatic rings. The van der Waals surface area contributed by atoms with Crippen LogP contribution in [0.5, 0.6) is 5.75 Å². The van der Waals surface area contributed by atoms with Crippen molar-refractivity contribution in [2.24, 2.45) is 17.8 Å². The molecule has 0 amide bonds. The lowest BCUT2D eigenvalue weighted by Gasteiger charge is -2.32. The minimum Gasteiger partial charge on any atom is -0.486 e. The zero-order valence-corrected chi connectivity index (χ0v) is 16.8. The molecular weight excluding hydrogens is 320 g/mol. The van der Waals surface area contributed by atoms with Crippen molar-refractivity contribution >= 4 is 5.78 Å². The summed E-state index contributed by atoms with van der Waals surface area (Å²) >= 11 is 0. The van der Waals surface area contributed by atoms with Crippen LogP contribution >= 0.6 is 0 Å². The first-order chi connectivity index (χ1) is 12.7. The van der Waals surface area contributed by atoms with Gasteiger partial charge < -0.3 is 4.74 Å². The lowest BCUT2D eigenvalue weighted by Crippen LogP contribution is -2.25. The molecule has 144 valence electrons. The number of benzene rings is 1. The van der Waals surface area contributed by atoms with E-state index in [-0.39, 0.29) is 12.4 Å². The van der Waals surface area contributed by atoms with Gasteiger partial charge in [0.2, 0.25) is 0 Å². The Balaban J connectivity index is 1.55. The van der Waals surface area contributed by atoms with Gasteiger partial charge in [-0.2, -0.15) is 0 Å². The number of carbonyl (C=O) groups is 1. The number of rotatable bonds is 10.